The Bertz CT molecular complexity index is 541. The number of nitrogens with zero attached hydrogens (tertiary/aromatic N) is 1. The average molecular weight is 238 g/mol. The second-order valence-electron chi connectivity index (χ2n) is 4.89. The van der Waals surface area contributed by atoms with Gasteiger partial charge in [-0.1, -0.05) is 0 Å². The van der Waals surface area contributed by atoms with Crippen LogP contribution in [0, 0.1) is 11.6 Å². The molecule has 4 heteroatoms. The standard InChI is InChI=1S/C13H14F2NO/c1-13(2,3)16-7-6-12(17-16)10-5-4-9(14)8-11(10)15/h4-8H,1-3H3/q+1. The number of hydrogen-bond donors (Lipinski definition) is 0. The van der Waals surface area contributed by atoms with Crippen molar-refractivity contribution in [3.05, 3.63) is 42.1 Å². The molecule has 1 aromatic heterocycles. The molecule has 0 saturated heterocycles. The Kier molecular flexibility index (Phi) is 2.73. The van der Waals surface area contributed by atoms with Crippen molar-refractivity contribution in [3.63, 3.8) is 0 Å². The predicted octanol–water partition coefficient (Wildman–Crippen LogP) is 3.27. The average Bonchev–Trinajstić information content (AvgIpc) is 2.65. The van der Waals surface area contributed by atoms with E-state index in [1.807, 2.05) is 20.8 Å². The van der Waals surface area contributed by atoms with Gasteiger partial charge in [0.05, 0.1) is 11.6 Å². The molecule has 0 atom stereocenters. The zero-order valence-electron chi connectivity index (χ0n) is 10.00. The summed E-state index contributed by atoms with van der Waals surface area (Å²) in [4.78, 5) is 0. The molecule has 0 spiro atoms. The minimum atomic E-state index is -0.625. The molecule has 0 unspecified atom stereocenters. The zero-order chi connectivity index (χ0) is 12.6. The van der Waals surface area contributed by atoms with E-state index in [2.05, 4.69) is 0 Å². The molecule has 0 aliphatic heterocycles. The molecule has 0 bridgehead atoms. The highest BCUT2D eigenvalue weighted by Gasteiger charge is 2.27. The molecule has 0 amide bonds. The second kappa shape index (κ2) is 3.95. The van der Waals surface area contributed by atoms with E-state index in [-0.39, 0.29) is 11.1 Å². The van der Waals surface area contributed by atoms with Crippen molar-refractivity contribution in [2.75, 3.05) is 0 Å². The SMILES string of the molecule is CC(C)(C)[n+]1ccc(-c2ccc(F)cc2F)o1. The minimum Gasteiger partial charge on any atom is -0.236 e. The zero-order valence-corrected chi connectivity index (χ0v) is 10.00. The summed E-state index contributed by atoms with van der Waals surface area (Å²) < 4.78 is 33.5. The normalized spacial score (nSPS) is 11.8. The summed E-state index contributed by atoms with van der Waals surface area (Å²) in [5.41, 5.74) is 0.0452. The first-order chi connectivity index (χ1) is 7.88. The number of rotatable bonds is 1. The van der Waals surface area contributed by atoms with Crippen LogP contribution in [0.25, 0.3) is 11.3 Å². The van der Waals surface area contributed by atoms with E-state index in [1.165, 1.54) is 12.1 Å². The van der Waals surface area contributed by atoms with Gasteiger partial charge >= 0.3 is 0 Å². The van der Waals surface area contributed by atoms with Crippen LogP contribution < -0.4 is 4.74 Å². The first-order valence-corrected chi connectivity index (χ1v) is 5.36. The molecular formula is C13H14F2NO+. The molecule has 1 heterocycles. The molecule has 0 N–H and O–H groups in total. The summed E-state index contributed by atoms with van der Waals surface area (Å²) in [5, 5.41) is 0. The van der Waals surface area contributed by atoms with Gasteiger partial charge in [-0.2, -0.15) is 0 Å². The van der Waals surface area contributed by atoms with E-state index < -0.39 is 11.6 Å². The van der Waals surface area contributed by atoms with Gasteiger partial charge in [0.25, 0.3) is 0 Å². The predicted molar refractivity (Wildman–Crippen MR) is 59.3 cm³/mol. The second-order valence-corrected chi connectivity index (χ2v) is 4.89. The Morgan fingerprint density at radius 2 is 1.82 bits per heavy atom. The van der Waals surface area contributed by atoms with E-state index in [4.69, 9.17) is 4.52 Å². The van der Waals surface area contributed by atoms with Gasteiger partial charge in [0, 0.05) is 26.8 Å². The highest BCUT2D eigenvalue weighted by Crippen LogP contribution is 2.23. The van der Waals surface area contributed by atoms with E-state index in [0.29, 0.717) is 5.76 Å². The highest BCUT2D eigenvalue weighted by atomic mass is 19.1. The molecule has 90 valence electrons. The van der Waals surface area contributed by atoms with Crippen LogP contribution in [0.3, 0.4) is 0 Å². The maximum atomic E-state index is 13.5. The van der Waals surface area contributed by atoms with Crippen molar-refractivity contribution in [2.24, 2.45) is 0 Å². The van der Waals surface area contributed by atoms with Gasteiger partial charge in [0.15, 0.2) is 0 Å². The Labute approximate surface area is 98.5 Å². The van der Waals surface area contributed by atoms with Crippen molar-refractivity contribution in [1.29, 1.82) is 0 Å². The summed E-state index contributed by atoms with van der Waals surface area (Å²) in [5.74, 6) is -0.834. The molecule has 2 rings (SSSR count). The molecule has 2 nitrogen and oxygen atoms in total. The maximum Gasteiger partial charge on any atom is 0.221 e. The monoisotopic (exact) mass is 238 g/mol. The van der Waals surface area contributed by atoms with Gasteiger partial charge in [-0.3, -0.25) is 0 Å². The number of halogens is 2. The maximum absolute atomic E-state index is 13.5. The Hall–Kier alpha value is -1.71. The van der Waals surface area contributed by atoms with E-state index in [9.17, 15) is 8.78 Å². The van der Waals surface area contributed by atoms with Crippen LogP contribution in [-0.2, 0) is 5.54 Å². The van der Waals surface area contributed by atoms with Crippen LogP contribution in [0.1, 0.15) is 20.8 Å². The lowest BCUT2D eigenvalue weighted by Gasteiger charge is -2.05. The third kappa shape index (κ3) is 2.35. The van der Waals surface area contributed by atoms with Gasteiger partial charge in [-0.05, 0) is 16.9 Å². The molecule has 17 heavy (non-hydrogen) atoms. The largest absolute Gasteiger partial charge is 0.236 e. The lowest BCUT2D eigenvalue weighted by molar-refractivity contribution is -0.905. The molecule has 2 aromatic rings. The third-order valence-corrected chi connectivity index (χ3v) is 2.42. The fraction of sp³-hybridized carbons (Fsp3) is 0.308. The van der Waals surface area contributed by atoms with Gasteiger partial charge < -0.3 is 0 Å². The summed E-state index contributed by atoms with van der Waals surface area (Å²) in [6, 6.07) is 5.10. The van der Waals surface area contributed by atoms with Gasteiger partial charge in [-0.15, -0.1) is 0 Å². The lowest BCUT2D eigenvalue weighted by atomic mass is 10.1. The van der Waals surface area contributed by atoms with Gasteiger partial charge in [0.1, 0.15) is 11.6 Å². The smallest absolute Gasteiger partial charge is 0.221 e. The molecule has 1 aromatic carbocycles. The lowest BCUT2D eigenvalue weighted by Crippen LogP contribution is -2.48. The van der Waals surface area contributed by atoms with Crippen molar-refractivity contribution in [1.82, 2.24) is 0 Å². The Balaban J connectivity index is 2.44. The minimum absolute atomic E-state index is 0.214. The summed E-state index contributed by atoms with van der Waals surface area (Å²) in [7, 11) is 0. The van der Waals surface area contributed by atoms with E-state index in [0.717, 1.165) is 6.07 Å². The Morgan fingerprint density at radius 1 is 1.12 bits per heavy atom. The van der Waals surface area contributed by atoms with Crippen LogP contribution in [0.4, 0.5) is 8.78 Å². The summed E-state index contributed by atoms with van der Waals surface area (Å²) in [6.07, 6.45) is 1.73. The fourth-order valence-corrected chi connectivity index (χ4v) is 1.49. The number of benzene rings is 1. The first kappa shape index (κ1) is 11.8. The molecule has 0 aliphatic rings. The number of hydrogen-bond acceptors (Lipinski definition) is 1. The van der Waals surface area contributed by atoms with Crippen LogP contribution in [-0.4, -0.2) is 0 Å². The van der Waals surface area contributed by atoms with Crippen LogP contribution in [0.15, 0.2) is 35.0 Å². The quantitative estimate of drug-likeness (QED) is 0.697. The highest BCUT2D eigenvalue weighted by molar-refractivity contribution is 5.56. The van der Waals surface area contributed by atoms with Crippen molar-refractivity contribution >= 4 is 0 Å². The van der Waals surface area contributed by atoms with Crippen LogP contribution in [0.2, 0.25) is 0 Å². The van der Waals surface area contributed by atoms with Gasteiger partial charge in [-0.25, -0.2) is 13.3 Å². The molecule has 0 saturated carbocycles. The topological polar surface area (TPSA) is 17.0 Å². The van der Waals surface area contributed by atoms with Crippen molar-refractivity contribution in [3.8, 4) is 11.3 Å². The number of aromatic nitrogens is 1. The fourth-order valence-electron chi connectivity index (χ4n) is 1.49. The van der Waals surface area contributed by atoms with E-state index in [1.54, 1.807) is 17.0 Å². The third-order valence-electron chi connectivity index (χ3n) is 2.42. The van der Waals surface area contributed by atoms with E-state index >= 15 is 0 Å². The van der Waals surface area contributed by atoms with Crippen LogP contribution >= 0.6 is 0 Å². The molecular weight excluding hydrogens is 224 g/mol. The van der Waals surface area contributed by atoms with Crippen molar-refractivity contribution in [2.45, 2.75) is 26.3 Å². The molecule has 0 fully saturated rings. The first-order valence-electron chi connectivity index (χ1n) is 5.36. The Morgan fingerprint density at radius 3 is 2.35 bits per heavy atom. The molecule has 0 radical (unpaired) electrons. The van der Waals surface area contributed by atoms with Gasteiger partial charge in [0.2, 0.25) is 17.5 Å². The van der Waals surface area contributed by atoms with Crippen molar-refractivity contribution < 1.29 is 18.0 Å². The summed E-state index contributed by atoms with van der Waals surface area (Å²) in [6.45, 7) is 5.92. The van der Waals surface area contributed by atoms with Crippen LogP contribution in [0.5, 0.6) is 0 Å². The molecule has 0 aliphatic carbocycles. The summed E-state index contributed by atoms with van der Waals surface area (Å²) >= 11 is 0.